The fourth-order valence-electron chi connectivity index (χ4n) is 4.41. The molecule has 0 saturated carbocycles. The lowest BCUT2D eigenvalue weighted by atomic mass is 9.76. The van der Waals surface area contributed by atoms with Crippen LogP contribution in [0.2, 0.25) is 0 Å². The van der Waals surface area contributed by atoms with Gasteiger partial charge in [-0.15, -0.1) is 0 Å². The Morgan fingerprint density at radius 2 is 1.93 bits per heavy atom. The third-order valence-electron chi connectivity index (χ3n) is 5.90. The lowest BCUT2D eigenvalue weighted by Gasteiger charge is -2.27. The Kier molecular flexibility index (Phi) is 4.56. The number of carbonyl (C=O) groups is 2. The molecule has 1 aromatic heterocycles. The molecule has 1 atom stereocenters. The summed E-state index contributed by atoms with van der Waals surface area (Å²) in [6, 6.07) is 7.92. The zero-order valence-corrected chi connectivity index (χ0v) is 17.1. The van der Waals surface area contributed by atoms with Gasteiger partial charge in [0.1, 0.15) is 5.76 Å². The average Bonchev–Trinajstić information content (AvgIpc) is 3.18. The second-order valence-corrected chi connectivity index (χ2v) is 9.14. The molecule has 1 amide bonds. The molecule has 2 aromatic rings. The number of anilines is 2. The number of Topliss-reactive ketones (excluding diaryl/α,β-unsaturated/α-hetero) is 1. The summed E-state index contributed by atoms with van der Waals surface area (Å²) in [5.41, 5.74) is 3.02. The van der Waals surface area contributed by atoms with E-state index in [2.05, 4.69) is 17.1 Å². The Bertz CT molecular complexity index is 924. The van der Waals surface area contributed by atoms with Crippen molar-refractivity contribution >= 4 is 23.1 Å². The number of ketones is 1. The lowest BCUT2D eigenvalue weighted by molar-refractivity contribution is 0.0898. The van der Waals surface area contributed by atoms with Crippen LogP contribution < -0.4 is 10.2 Å². The van der Waals surface area contributed by atoms with Crippen molar-refractivity contribution in [2.24, 2.45) is 11.3 Å². The summed E-state index contributed by atoms with van der Waals surface area (Å²) in [5, 5.41) is 2.91. The summed E-state index contributed by atoms with van der Waals surface area (Å²) in [6.07, 6.45) is 2.37. The van der Waals surface area contributed by atoms with Gasteiger partial charge in [-0.2, -0.15) is 0 Å². The Morgan fingerprint density at radius 1 is 1.21 bits per heavy atom. The van der Waals surface area contributed by atoms with Crippen LogP contribution in [0.1, 0.15) is 65.8 Å². The van der Waals surface area contributed by atoms with Gasteiger partial charge < -0.3 is 14.6 Å². The van der Waals surface area contributed by atoms with Crippen LogP contribution in [-0.4, -0.2) is 24.8 Å². The van der Waals surface area contributed by atoms with E-state index in [0.29, 0.717) is 29.7 Å². The van der Waals surface area contributed by atoms with Crippen LogP contribution in [0.15, 0.2) is 28.7 Å². The molecule has 28 heavy (non-hydrogen) atoms. The second kappa shape index (κ2) is 6.80. The fraction of sp³-hybridized carbons (Fsp3) is 0.478. The van der Waals surface area contributed by atoms with E-state index in [0.717, 1.165) is 24.7 Å². The molecule has 0 bridgehead atoms. The first-order valence-electron chi connectivity index (χ1n) is 10.1. The van der Waals surface area contributed by atoms with Crippen molar-refractivity contribution in [1.82, 2.24) is 0 Å². The summed E-state index contributed by atoms with van der Waals surface area (Å²) in [7, 11) is 0. The minimum atomic E-state index is -0.306. The van der Waals surface area contributed by atoms with Gasteiger partial charge in [0.05, 0.1) is 5.56 Å². The number of carbonyl (C=O) groups excluding carboxylic acids is 2. The van der Waals surface area contributed by atoms with E-state index in [-0.39, 0.29) is 22.9 Å². The van der Waals surface area contributed by atoms with Crippen molar-refractivity contribution in [2.75, 3.05) is 23.3 Å². The monoisotopic (exact) mass is 380 g/mol. The molecule has 4 rings (SSSR count). The maximum atomic E-state index is 12.8. The predicted molar refractivity (Wildman–Crippen MR) is 110 cm³/mol. The van der Waals surface area contributed by atoms with E-state index >= 15 is 0 Å². The van der Waals surface area contributed by atoms with Gasteiger partial charge in [-0.3, -0.25) is 9.59 Å². The highest BCUT2D eigenvalue weighted by Crippen LogP contribution is 2.38. The van der Waals surface area contributed by atoms with Crippen molar-refractivity contribution in [2.45, 2.75) is 47.0 Å². The van der Waals surface area contributed by atoms with Gasteiger partial charge in [-0.1, -0.05) is 20.8 Å². The standard InChI is InChI=1S/C23H28N2O3/c1-14-9-10-25(13-14)17-7-5-16(6-8-17)24-22(27)21-15(2)20-18(26)11-23(3,4)12-19(20)28-21/h5-8,14H,9-13H2,1-4H3,(H,24,27). The van der Waals surface area contributed by atoms with Crippen molar-refractivity contribution < 1.29 is 14.0 Å². The molecule has 1 unspecified atom stereocenters. The molecule has 148 valence electrons. The van der Waals surface area contributed by atoms with Crippen LogP contribution in [-0.2, 0) is 6.42 Å². The van der Waals surface area contributed by atoms with E-state index in [1.54, 1.807) is 6.92 Å². The Morgan fingerprint density at radius 3 is 2.57 bits per heavy atom. The maximum absolute atomic E-state index is 12.8. The largest absolute Gasteiger partial charge is 0.455 e. The minimum absolute atomic E-state index is 0.0655. The van der Waals surface area contributed by atoms with Crippen LogP contribution in [0.3, 0.4) is 0 Å². The summed E-state index contributed by atoms with van der Waals surface area (Å²) in [4.78, 5) is 27.7. The molecule has 5 heteroatoms. The van der Waals surface area contributed by atoms with Crippen LogP contribution in [0, 0.1) is 18.3 Å². The summed E-state index contributed by atoms with van der Waals surface area (Å²) in [6.45, 7) is 10.3. The lowest BCUT2D eigenvalue weighted by Crippen LogP contribution is -2.26. The molecular weight excluding hydrogens is 352 g/mol. The number of furan rings is 1. The number of rotatable bonds is 3. The van der Waals surface area contributed by atoms with E-state index in [1.807, 2.05) is 38.1 Å². The van der Waals surface area contributed by atoms with Crippen molar-refractivity contribution in [3.05, 3.63) is 46.9 Å². The number of hydrogen-bond donors (Lipinski definition) is 1. The Balaban J connectivity index is 1.51. The van der Waals surface area contributed by atoms with E-state index in [9.17, 15) is 9.59 Å². The highest BCUT2D eigenvalue weighted by molar-refractivity contribution is 6.07. The average molecular weight is 380 g/mol. The number of hydrogen-bond acceptors (Lipinski definition) is 4. The minimum Gasteiger partial charge on any atom is -0.455 e. The summed E-state index contributed by atoms with van der Waals surface area (Å²) in [5.74, 6) is 1.37. The number of nitrogens with zero attached hydrogens (tertiary/aromatic N) is 1. The fourth-order valence-corrected chi connectivity index (χ4v) is 4.41. The van der Waals surface area contributed by atoms with Gasteiger partial charge in [-0.25, -0.2) is 0 Å². The quantitative estimate of drug-likeness (QED) is 0.827. The van der Waals surface area contributed by atoms with Gasteiger partial charge in [0.25, 0.3) is 5.91 Å². The van der Waals surface area contributed by atoms with Crippen LogP contribution in [0.5, 0.6) is 0 Å². The van der Waals surface area contributed by atoms with E-state index in [1.165, 1.54) is 12.1 Å². The van der Waals surface area contributed by atoms with Gasteiger partial charge in [-0.05, 0) is 48.9 Å². The zero-order chi connectivity index (χ0) is 20.1. The SMILES string of the molecule is Cc1c(C(=O)Nc2ccc(N3CCC(C)C3)cc2)oc2c1C(=O)CC(C)(C)C2. The Hall–Kier alpha value is -2.56. The highest BCUT2D eigenvalue weighted by Gasteiger charge is 2.37. The molecule has 5 nitrogen and oxygen atoms in total. The van der Waals surface area contributed by atoms with Crippen molar-refractivity contribution in [3.8, 4) is 0 Å². The van der Waals surface area contributed by atoms with E-state index in [4.69, 9.17) is 4.42 Å². The smallest absolute Gasteiger partial charge is 0.291 e. The first kappa shape index (κ1) is 18.8. The molecule has 1 aromatic carbocycles. The molecule has 1 aliphatic carbocycles. The van der Waals surface area contributed by atoms with Crippen LogP contribution in [0.25, 0.3) is 0 Å². The Labute approximate surface area is 166 Å². The van der Waals surface area contributed by atoms with Gasteiger partial charge >= 0.3 is 0 Å². The van der Waals surface area contributed by atoms with Gasteiger partial charge in [0.15, 0.2) is 11.5 Å². The predicted octanol–water partition coefficient (Wildman–Crippen LogP) is 4.84. The first-order chi connectivity index (χ1) is 13.2. The topological polar surface area (TPSA) is 62.6 Å². The molecule has 1 N–H and O–H groups in total. The molecule has 1 fully saturated rings. The molecule has 0 radical (unpaired) electrons. The van der Waals surface area contributed by atoms with Gasteiger partial charge in [0, 0.05) is 42.9 Å². The third-order valence-corrected chi connectivity index (χ3v) is 5.90. The third kappa shape index (κ3) is 3.46. The van der Waals surface area contributed by atoms with Crippen LogP contribution in [0.4, 0.5) is 11.4 Å². The second-order valence-electron chi connectivity index (χ2n) is 9.14. The molecule has 2 aliphatic rings. The summed E-state index contributed by atoms with van der Waals surface area (Å²) >= 11 is 0. The number of fused-ring (bicyclic) bond motifs is 1. The number of benzene rings is 1. The van der Waals surface area contributed by atoms with Gasteiger partial charge in [0.2, 0.25) is 0 Å². The molecule has 1 aliphatic heterocycles. The highest BCUT2D eigenvalue weighted by atomic mass is 16.4. The summed E-state index contributed by atoms with van der Waals surface area (Å²) < 4.78 is 5.85. The van der Waals surface area contributed by atoms with Crippen LogP contribution >= 0.6 is 0 Å². The molecule has 1 saturated heterocycles. The first-order valence-corrected chi connectivity index (χ1v) is 10.1. The normalized spacial score (nSPS) is 20.9. The zero-order valence-electron chi connectivity index (χ0n) is 17.1. The maximum Gasteiger partial charge on any atom is 0.291 e. The number of amides is 1. The molecule has 2 heterocycles. The van der Waals surface area contributed by atoms with Crippen molar-refractivity contribution in [3.63, 3.8) is 0 Å². The molecular formula is C23H28N2O3. The molecule has 0 spiro atoms. The number of nitrogens with one attached hydrogen (secondary N) is 1. The van der Waals surface area contributed by atoms with E-state index < -0.39 is 0 Å². The van der Waals surface area contributed by atoms with Crippen molar-refractivity contribution in [1.29, 1.82) is 0 Å².